The summed E-state index contributed by atoms with van der Waals surface area (Å²) in [5.74, 6) is 1.64. The largest absolute Gasteiger partial charge is 0.305 e. The first-order valence-electron chi connectivity index (χ1n) is 17.8. The number of benzene rings is 6. The van der Waals surface area contributed by atoms with Crippen LogP contribution in [0.2, 0.25) is 0 Å². The van der Waals surface area contributed by atoms with Crippen molar-refractivity contribution in [2.75, 3.05) is 0 Å². The Kier molecular flexibility index (Phi) is 6.89. The van der Waals surface area contributed by atoms with E-state index in [1.165, 1.54) is 21.5 Å². The van der Waals surface area contributed by atoms with Crippen molar-refractivity contribution < 1.29 is 14.5 Å². The lowest BCUT2D eigenvalue weighted by molar-refractivity contribution is -1.22. The van der Waals surface area contributed by atoms with E-state index in [4.69, 9.17) is 9.68 Å². The van der Waals surface area contributed by atoms with Crippen molar-refractivity contribution in [2.45, 2.75) is 13.1 Å². The minimum atomic E-state index is -0.115. The van der Waals surface area contributed by atoms with Crippen molar-refractivity contribution in [1.82, 2.24) is 9.13 Å². The Morgan fingerprint density at radius 1 is 0.396 bits per heavy atom. The monoisotopic (exact) mass is 722 g/mol. The molecule has 1 aliphatic heterocycles. The number of hydroxylamine groups is 4. The van der Waals surface area contributed by atoms with Gasteiger partial charge in [0.2, 0.25) is 11.5 Å². The minimum Gasteiger partial charge on any atom is -0.305 e. The van der Waals surface area contributed by atoms with Crippen LogP contribution >= 0.6 is 22.7 Å². The summed E-state index contributed by atoms with van der Waals surface area (Å²) in [6.45, 7) is 0.971. The topological polar surface area (TPSA) is 28.3 Å². The van der Waals surface area contributed by atoms with Crippen molar-refractivity contribution >= 4 is 66.3 Å². The average Bonchev–Trinajstić information content (AvgIpc) is 3.94. The fourth-order valence-corrected chi connectivity index (χ4v) is 10.2. The Balaban J connectivity index is 1.21. The van der Waals surface area contributed by atoms with E-state index >= 15 is 0 Å². The molecule has 0 saturated heterocycles. The number of rotatable bonds is 6. The van der Waals surface area contributed by atoms with Crippen molar-refractivity contribution in [3.63, 3.8) is 0 Å². The van der Waals surface area contributed by atoms with Crippen LogP contribution in [-0.2, 0) is 13.1 Å². The van der Waals surface area contributed by atoms with Gasteiger partial charge in [-0.2, -0.15) is 0 Å². The number of para-hydroxylation sites is 4. The number of thiophene rings is 2. The summed E-state index contributed by atoms with van der Waals surface area (Å²) in [6, 6.07) is 55.7. The molecule has 0 saturated carbocycles. The summed E-state index contributed by atoms with van der Waals surface area (Å²) in [7, 11) is 0. The zero-order chi connectivity index (χ0) is 34.9. The van der Waals surface area contributed by atoms with Crippen molar-refractivity contribution in [3.05, 3.63) is 180 Å². The highest BCUT2D eigenvalue weighted by molar-refractivity contribution is 7.21. The zero-order valence-corrected chi connectivity index (χ0v) is 30.2. The van der Waals surface area contributed by atoms with E-state index in [1.54, 1.807) is 22.7 Å². The maximum atomic E-state index is 7.54. The molecule has 5 heterocycles. The van der Waals surface area contributed by atoms with E-state index in [1.807, 2.05) is 0 Å². The van der Waals surface area contributed by atoms with Crippen molar-refractivity contribution in [3.8, 4) is 32.6 Å². The predicted molar refractivity (Wildman–Crippen MR) is 218 cm³/mol. The molecule has 0 atom stereocenters. The molecule has 0 amide bonds. The maximum absolute atomic E-state index is 7.54. The number of hydrogen-bond donors (Lipinski definition) is 0. The Bertz CT molecular complexity index is 2660. The third-order valence-corrected chi connectivity index (χ3v) is 12.4. The van der Waals surface area contributed by atoms with Gasteiger partial charge in [0, 0.05) is 48.2 Å². The first-order chi connectivity index (χ1) is 26.2. The number of quaternary nitrogens is 1. The van der Waals surface area contributed by atoms with E-state index in [-0.39, 0.29) is 4.81 Å². The minimum absolute atomic E-state index is 0.115. The van der Waals surface area contributed by atoms with Crippen LogP contribution in [0.4, 0.5) is 0 Å². The van der Waals surface area contributed by atoms with E-state index < -0.39 is 0 Å². The highest BCUT2D eigenvalue weighted by atomic mass is 32.1. The molecule has 11 rings (SSSR count). The highest BCUT2D eigenvalue weighted by Crippen LogP contribution is 2.55. The molecule has 0 unspecified atom stereocenters. The van der Waals surface area contributed by atoms with Crippen LogP contribution in [0.5, 0.6) is 11.5 Å². The van der Waals surface area contributed by atoms with E-state index in [0.29, 0.717) is 13.1 Å². The molecule has 5 nitrogen and oxygen atoms in total. The standard InChI is InChI=1S/C46H32N3O2S2/c1-3-15-31(16-4-1)27-49(28-32-17-5-2-6-18-32)50-43-41(47-37-23-11-7-19-33(37)34-20-8-12-24-38(34)47)29-52-45(43)46-44(51-49)42(30-53-46)48-39-25-13-9-21-35(39)36-22-10-14-26-40(36)48/h1-26,29-30H,27-28H2/q+1. The van der Waals surface area contributed by atoms with E-state index in [0.717, 1.165) is 65.8 Å². The number of nitrogens with zero attached hydrogens (tertiary/aromatic N) is 3. The third-order valence-electron chi connectivity index (χ3n) is 10.4. The number of fused-ring (bicyclic) bond motifs is 9. The smallest absolute Gasteiger partial charge is 0.239 e. The van der Waals surface area contributed by atoms with Gasteiger partial charge in [-0.1, -0.05) is 133 Å². The summed E-state index contributed by atoms with van der Waals surface area (Å²) < 4.78 is 4.73. The van der Waals surface area contributed by atoms with Gasteiger partial charge in [0.1, 0.15) is 21.1 Å². The Morgan fingerprint density at radius 2 is 0.717 bits per heavy atom. The van der Waals surface area contributed by atoms with Gasteiger partial charge >= 0.3 is 0 Å². The molecule has 0 radical (unpaired) electrons. The van der Waals surface area contributed by atoms with Crippen LogP contribution in [0, 0.1) is 0 Å². The summed E-state index contributed by atoms with van der Waals surface area (Å²) >= 11 is 3.44. The van der Waals surface area contributed by atoms with Gasteiger partial charge in [-0.05, 0) is 24.3 Å². The van der Waals surface area contributed by atoms with Gasteiger partial charge < -0.3 is 9.13 Å². The molecular formula is C46H32N3O2S2+. The summed E-state index contributed by atoms with van der Waals surface area (Å²) in [4.78, 5) is 17.1. The van der Waals surface area contributed by atoms with Crippen LogP contribution in [-0.4, -0.2) is 13.9 Å². The summed E-state index contributed by atoms with van der Waals surface area (Å²) in [5.41, 5.74) is 8.83. The van der Waals surface area contributed by atoms with E-state index in [9.17, 15) is 0 Å². The Labute approximate surface area is 313 Å². The molecule has 1 aliphatic rings. The lowest BCUT2D eigenvalue weighted by atomic mass is 10.2. The molecule has 4 aromatic heterocycles. The average molecular weight is 723 g/mol. The second kappa shape index (κ2) is 12.0. The zero-order valence-electron chi connectivity index (χ0n) is 28.6. The van der Waals surface area contributed by atoms with Gasteiger partial charge in [-0.15, -0.1) is 22.7 Å². The van der Waals surface area contributed by atoms with Gasteiger partial charge in [0.25, 0.3) is 0 Å². The molecule has 254 valence electrons. The normalized spacial score (nSPS) is 13.5. The molecule has 7 heteroatoms. The number of hydrogen-bond acceptors (Lipinski definition) is 4. The quantitative estimate of drug-likeness (QED) is 0.160. The van der Waals surface area contributed by atoms with Crippen LogP contribution in [0.25, 0.3) is 64.7 Å². The predicted octanol–water partition coefficient (Wildman–Crippen LogP) is 12.5. The summed E-state index contributed by atoms with van der Waals surface area (Å²) in [5, 5.41) is 9.39. The maximum Gasteiger partial charge on any atom is 0.239 e. The van der Waals surface area contributed by atoms with Gasteiger partial charge in [-0.25, -0.2) is 0 Å². The van der Waals surface area contributed by atoms with Crippen LogP contribution < -0.4 is 9.68 Å². The van der Waals surface area contributed by atoms with Crippen LogP contribution in [0.15, 0.2) is 168 Å². The first kappa shape index (κ1) is 30.5. The molecule has 0 fully saturated rings. The molecule has 6 aromatic carbocycles. The molecule has 0 N–H and O–H groups in total. The second-order valence-corrected chi connectivity index (χ2v) is 15.3. The molecule has 0 aliphatic carbocycles. The fraction of sp³-hybridized carbons (Fsp3) is 0.0435. The lowest BCUT2D eigenvalue weighted by Crippen LogP contribution is -2.52. The van der Waals surface area contributed by atoms with Crippen molar-refractivity contribution in [2.24, 2.45) is 0 Å². The molecule has 10 aromatic rings. The van der Waals surface area contributed by atoms with Crippen LogP contribution in [0.1, 0.15) is 11.1 Å². The number of aromatic nitrogens is 2. The van der Waals surface area contributed by atoms with Crippen molar-refractivity contribution in [1.29, 1.82) is 0 Å². The molecule has 0 bridgehead atoms. The van der Waals surface area contributed by atoms with Gasteiger partial charge in [0.15, 0.2) is 13.1 Å². The molecule has 0 spiro atoms. The summed E-state index contributed by atoms with van der Waals surface area (Å²) in [6.07, 6.45) is 0. The highest BCUT2D eigenvalue weighted by Gasteiger charge is 2.45. The van der Waals surface area contributed by atoms with Gasteiger partial charge in [-0.3, -0.25) is 9.68 Å². The molecular weight excluding hydrogens is 691 g/mol. The fourth-order valence-electron chi connectivity index (χ4n) is 8.10. The van der Waals surface area contributed by atoms with Crippen LogP contribution in [0.3, 0.4) is 0 Å². The van der Waals surface area contributed by atoms with E-state index in [2.05, 4.69) is 178 Å². The third kappa shape index (κ3) is 4.78. The second-order valence-electron chi connectivity index (χ2n) is 13.6. The lowest BCUT2D eigenvalue weighted by Gasteiger charge is -2.32. The Hall–Kier alpha value is -6.12. The first-order valence-corrected chi connectivity index (χ1v) is 19.6. The SMILES string of the molecule is c1ccc(C[N+]2(Cc3ccccc3)Oc3c(-n4c5ccccc5c5ccccc54)csc3-c3scc(-n4c5ccccc5c5ccccc54)c3O2)cc1. The van der Waals surface area contributed by atoms with Gasteiger partial charge in [0.05, 0.1) is 22.1 Å². The Morgan fingerprint density at radius 3 is 1.08 bits per heavy atom. The molecule has 53 heavy (non-hydrogen) atoms.